The summed E-state index contributed by atoms with van der Waals surface area (Å²) in [6, 6.07) is 5.78. The zero-order valence-corrected chi connectivity index (χ0v) is 11.1. The minimum atomic E-state index is -0.0762. The van der Waals surface area contributed by atoms with Gasteiger partial charge in [0.1, 0.15) is 11.9 Å². The third kappa shape index (κ3) is 3.06. The number of hydrogen-bond acceptors (Lipinski definition) is 3. The molecule has 2 aromatic rings. The third-order valence-electron chi connectivity index (χ3n) is 2.32. The van der Waals surface area contributed by atoms with Crippen molar-refractivity contribution >= 4 is 32.9 Å². The summed E-state index contributed by atoms with van der Waals surface area (Å²) in [4.78, 5) is 15.8. The van der Waals surface area contributed by atoms with E-state index in [4.69, 9.17) is 4.42 Å². The van der Waals surface area contributed by atoms with Crippen LogP contribution >= 0.6 is 15.9 Å². The number of carbonyl (C=O) groups excluding carboxylic acids is 1. The molecule has 0 radical (unpaired) electrons. The maximum Gasteiger partial charge on any atom is 0.229 e. The van der Waals surface area contributed by atoms with E-state index in [2.05, 4.69) is 26.2 Å². The van der Waals surface area contributed by atoms with Crippen LogP contribution < -0.4 is 5.32 Å². The quantitative estimate of drug-likeness (QED) is 0.880. The van der Waals surface area contributed by atoms with Crippen LogP contribution in [-0.4, -0.2) is 22.8 Å². The first-order chi connectivity index (χ1) is 8.19. The fraction of sp³-hybridized carbons (Fsp3) is 0.333. The number of fused-ring (bicyclic) bond motifs is 1. The number of aryl methyl sites for hydroxylation is 1. The molecular formula is C12H13BrN2O2. The van der Waals surface area contributed by atoms with Crippen LogP contribution in [0.4, 0.5) is 0 Å². The van der Waals surface area contributed by atoms with Gasteiger partial charge in [0.05, 0.1) is 0 Å². The predicted octanol–water partition coefficient (Wildman–Crippen LogP) is 2.19. The number of nitrogens with zero attached hydrogens (tertiary/aromatic N) is 1. The van der Waals surface area contributed by atoms with Crippen LogP contribution in [0.15, 0.2) is 22.6 Å². The maximum atomic E-state index is 11.5. The van der Waals surface area contributed by atoms with E-state index in [0.717, 1.165) is 22.0 Å². The molecule has 0 saturated carbocycles. The largest absolute Gasteiger partial charge is 0.440 e. The number of carbonyl (C=O) groups is 1. The normalized spacial score (nSPS) is 10.7. The van der Waals surface area contributed by atoms with Gasteiger partial charge in [0.25, 0.3) is 0 Å². The molecule has 1 aromatic carbocycles. The van der Waals surface area contributed by atoms with Gasteiger partial charge in [-0.3, -0.25) is 4.79 Å². The van der Waals surface area contributed by atoms with Gasteiger partial charge in [-0.2, -0.15) is 0 Å². The van der Waals surface area contributed by atoms with Crippen molar-refractivity contribution in [3.05, 3.63) is 29.7 Å². The van der Waals surface area contributed by atoms with Gasteiger partial charge in [-0.1, -0.05) is 22.0 Å². The summed E-state index contributed by atoms with van der Waals surface area (Å²) in [7, 11) is 0. The molecule has 4 nitrogen and oxygen atoms in total. The highest BCUT2D eigenvalue weighted by molar-refractivity contribution is 9.09. The van der Waals surface area contributed by atoms with Gasteiger partial charge in [0, 0.05) is 11.9 Å². The summed E-state index contributed by atoms with van der Waals surface area (Å²) in [5.74, 6) is 0.380. The fourth-order valence-electron chi connectivity index (χ4n) is 1.55. The number of rotatable bonds is 4. The molecule has 1 aromatic heterocycles. The van der Waals surface area contributed by atoms with Crippen molar-refractivity contribution in [1.29, 1.82) is 0 Å². The van der Waals surface area contributed by atoms with Gasteiger partial charge >= 0.3 is 0 Å². The lowest BCUT2D eigenvalue weighted by Crippen LogP contribution is -2.26. The summed E-state index contributed by atoms with van der Waals surface area (Å²) >= 11 is 3.25. The summed E-state index contributed by atoms with van der Waals surface area (Å²) < 4.78 is 5.49. The van der Waals surface area contributed by atoms with E-state index in [1.54, 1.807) is 0 Å². The third-order valence-corrected chi connectivity index (χ3v) is 2.71. The van der Waals surface area contributed by atoms with Crippen LogP contribution in [0, 0.1) is 6.92 Å². The Morgan fingerprint density at radius 3 is 3.12 bits per heavy atom. The van der Waals surface area contributed by atoms with E-state index in [1.807, 2.05) is 25.1 Å². The average molecular weight is 297 g/mol. The van der Waals surface area contributed by atoms with Gasteiger partial charge in [-0.15, -0.1) is 0 Å². The highest BCUT2D eigenvalue weighted by atomic mass is 79.9. The first kappa shape index (κ1) is 12.1. The lowest BCUT2D eigenvalue weighted by molar-refractivity contribution is -0.120. The Labute approximate surface area is 108 Å². The molecule has 17 heavy (non-hydrogen) atoms. The Hall–Kier alpha value is -1.36. The van der Waals surface area contributed by atoms with Crippen LogP contribution in [0.5, 0.6) is 0 Å². The number of nitrogens with one attached hydrogen (secondary N) is 1. The topological polar surface area (TPSA) is 55.1 Å². The van der Waals surface area contributed by atoms with Crippen LogP contribution in [0.25, 0.3) is 11.1 Å². The molecule has 0 aliphatic rings. The number of oxazole rings is 1. The lowest BCUT2D eigenvalue weighted by atomic mass is 10.2. The van der Waals surface area contributed by atoms with Crippen LogP contribution in [-0.2, 0) is 11.2 Å². The molecule has 1 amide bonds. The summed E-state index contributed by atoms with van der Waals surface area (Å²) in [6.07, 6.45) is 0.181. The first-order valence-electron chi connectivity index (χ1n) is 5.38. The smallest absolute Gasteiger partial charge is 0.229 e. The number of benzene rings is 1. The van der Waals surface area contributed by atoms with Gasteiger partial charge in [-0.25, -0.2) is 4.98 Å². The summed E-state index contributed by atoms with van der Waals surface area (Å²) in [6.45, 7) is 2.61. The van der Waals surface area contributed by atoms with Gasteiger partial charge in [-0.05, 0) is 24.6 Å². The predicted molar refractivity (Wildman–Crippen MR) is 69.3 cm³/mol. The van der Waals surface area contributed by atoms with E-state index in [0.29, 0.717) is 12.4 Å². The summed E-state index contributed by atoms with van der Waals surface area (Å²) in [5, 5.41) is 3.49. The molecule has 0 bridgehead atoms. The second-order valence-electron chi connectivity index (χ2n) is 3.79. The first-order valence-corrected chi connectivity index (χ1v) is 6.50. The molecule has 0 spiro atoms. The van der Waals surface area contributed by atoms with Crippen molar-refractivity contribution in [2.75, 3.05) is 11.9 Å². The number of aromatic nitrogens is 1. The standard InChI is InChI=1S/C12H13BrN2O2/c1-8-2-3-10-9(6-8)15-12(17-10)7-11(16)14-5-4-13/h2-3,6H,4-5,7H2,1H3,(H,14,16). The SMILES string of the molecule is Cc1ccc2oc(CC(=O)NCCBr)nc2c1. The second-order valence-corrected chi connectivity index (χ2v) is 4.59. The van der Waals surface area contributed by atoms with Crippen molar-refractivity contribution in [3.63, 3.8) is 0 Å². The molecule has 0 saturated heterocycles. The molecule has 1 N–H and O–H groups in total. The minimum absolute atomic E-state index is 0.0762. The Balaban J connectivity index is 2.11. The van der Waals surface area contributed by atoms with E-state index in [9.17, 15) is 4.79 Å². The van der Waals surface area contributed by atoms with Crippen molar-refractivity contribution in [2.45, 2.75) is 13.3 Å². The van der Waals surface area contributed by atoms with Crippen LogP contribution in [0.2, 0.25) is 0 Å². The highest BCUT2D eigenvalue weighted by Gasteiger charge is 2.10. The van der Waals surface area contributed by atoms with Crippen molar-refractivity contribution in [2.24, 2.45) is 0 Å². The molecule has 0 unspecified atom stereocenters. The molecule has 0 aliphatic heterocycles. The van der Waals surface area contributed by atoms with E-state index < -0.39 is 0 Å². The summed E-state index contributed by atoms with van der Waals surface area (Å²) in [5.41, 5.74) is 2.65. The van der Waals surface area contributed by atoms with Crippen molar-refractivity contribution < 1.29 is 9.21 Å². The number of halogens is 1. The molecule has 0 aliphatic carbocycles. The minimum Gasteiger partial charge on any atom is -0.440 e. The van der Waals surface area contributed by atoms with E-state index >= 15 is 0 Å². The second kappa shape index (κ2) is 5.31. The van der Waals surface area contributed by atoms with Crippen LogP contribution in [0.3, 0.4) is 0 Å². The number of amides is 1. The molecule has 5 heteroatoms. The Bertz CT molecular complexity index is 536. The van der Waals surface area contributed by atoms with Gasteiger partial charge < -0.3 is 9.73 Å². The van der Waals surface area contributed by atoms with Crippen molar-refractivity contribution in [3.8, 4) is 0 Å². The maximum absolute atomic E-state index is 11.5. The van der Waals surface area contributed by atoms with Gasteiger partial charge in [0.2, 0.25) is 11.8 Å². The fourth-order valence-corrected chi connectivity index (χ4v) is 1.75. The molecular weight excluding hydrogens is 284 g/mol. The lowest BCUT2D eigenvalue weighted by Gasteiger charge is -1.98. The van der Waals surface area contributed by atoms with Crippen molar-refractivity contribution in [1.82, 2.24) is 10.3 Å². The van der Waals surface area contributed by atoms with Crippen LogP contribution in [0.1, 0.15) is 11.5 Å². The Kier molecular flexibility index (Phi) is 3.78. The number of alkyl halides is 1. The average Bonchev–Trinajstić information content (AvgIpc) is 2.67. The molecule has 1 heterocycles. The zero-order chi connectivity index (χ0) is 12.3. The molecule has 90 valence electrons. The van der Waals surface area contributed by atoms with Gasteiger partial charge in [0.15, 0.2) is 5.58 Å². The molecule has 2 rings (SSSR count). The monoisotopic (exact) mass is 296 g/mol. The Morgan fingerprint density at radius 1 is 1.53 bits per heavy atom. The number of hydrogen-bond donors (Lipinski definition) is 1. The highest BCUT2D eigenvalue weighted by Crippen LogP contribution is 2.17. The van der Waals surface area contributed by atoms with E-state index in [1.165, 1.54) is 0 Å². The Morgan fingerprint density at radius 2 is 2.35 bits per heavy atom. The van der Waals surface area contributed by atoms with E-state index in [-0.39, 0.29) is 12.3 Å². The molecule has 0 atom stereocenters. The zero-order valence-electron chi connectivity index (χ0n) is 9.50. The molecule has 0 fully saturated rings.